The molecule has 0 spiro atoms. The smallest absolute Gasteiger partial charge is 0.323 e. The number of hydrogen-bond acceptors (Lipinski definition) is 4. The maximum absolute atomic E-state index is 12.0. The zero-order valence-electron chi connectivity index (χ0n) is 13.7. The summed E-state index contributed by atoms with van der Waals surface area (Å²) in [7, 11) is 1.41. The van der Waals surface area contributed by atoms with Gasteiger partial charge in [-0.05, 0) is 31.4 Å². The summed E-state index contributed by atoms with van der Waals surface area (Å²) in [6, 6.07) is 6.01. The average Bonchev–Trinajstić information content (AvgIpc) is 2.83. The van der Waals surface area contributed by atoms with E-state index in [0.717, 1.165) is 0 Å². The summed E-state index contributed by atoms with van der Waals surface area (Å²) in [4.78, 5) is 25.4. The fourth-order valence-corrected chi connectivity index (χ4v) is 3.09. The van der Waals surface area contributed by atoms with E-state index in [2.05, 4.69) is 42.3 Å². The molecule has 1 aromatic carbocycles. The van der Waals surface area contributed by atoms with Gasteiger partial charge in [-0.3, -0.25) is 14.5 Å². The van der Waals surface area contributed by atoms with Crippen LogP contribution in [0.1, 0.15) is 30.0 Å². The number of likely N-dealkylation sites (tertiary alicyclic amines) is 1. The molecule has 0 radical (unpaired) electrons. The van der Waals surface area contributed by atoms with Crippen molar-refractivity contribution < 1.29 is 14.3 Å². The number of benzene rings is 1. The Morgan fingerprint density at radius 1 is 1.36 bits per heavy atom. The molecule has 120 valence electrons. The number of methoxy groups -OCH3 is 1. The van der Waals surface area contributed by atoms with E-state index in [-0.39, 0.29) is 24.0 Å². The van der Waals surface area contributed by atoms with Gasteiger partial charge in [-0.1, -0.05) is 23.8 Å². The van der Waals surface area contributed by atoms with Crippen LogP contribution in [0.5, 0.6) is 0 Å². The van der Waals surface area contributed by atoms with E-state index < -0.39 is 0 Å². The summed E-state index contributed by atoms with van der Waals surface area (Å²) < 4.78 is 4.91. The number of carbonyl (C=O) groups is 2. The molecule has 2 rings (SSSR count). The highest BCUT2D eigenvalue weighted by Crippen LogP contribution is 2.23. The van der Waals surface area contributed by atoms with Gasteiger partial charge in [0, 0.05) is 26.1 Å². The van der Waals surface area contributed by atoms with E-state index in [1.54, 1.807) is 0 Å². The summed E-state index contributed by atoms with van der Waals surface area (Å²) >= 11 is 0. The maximum Gasteiger partial charge on any atom is 0.323 e. The van der Waals surface area contributed by atoms with E-state index in [4.69, 9.17) is 4.74 Å². The number of rotatable bonds is 4. The van der Waals surface area contributed by atoms with Crippen LogP contribution in [-0.4, -0.2) is 42.5 Å². The Morgan fingerprint density at radius 3 is 2.68 bits per heavy atom. The second-order valence-electron chi connectivity index (χ2n) is 6.03. The van der Waals surface area contributed by atoms with Gasteiger partial charge in [0.2, 0.25) is 5.91 Å². The van der Waals surface area contributed by atoms with Crippen molar-refractivity contribution in [2.45, 2.75) is 45.8 Å². The van der Waals surface area contributed by atoms with Gasteiger partial charge in [0.15, 0.2) is 0 Å². The molecule has 1 fully saturated rings. The van der Waals surface area contributed by atoms with E-state index >= 15 is 0 Å². The molecule has 1 N–H and O–H groups in total. The van der Waals surface area contributed by atoms with E-state index in [1.165, 1.54) is 30.7 Å². The monoisotopic (exact) mass is 304 g/mol. The second-order valence-corrected chi connectivity index (χ2v) is 6.03. The topological polar surface area (TPSA) is 58.6 Å². The first-order chi connectivity index (χ1) is 10.4. The lowest BCUT2D eigenvalue weighted by atomic mass is 10.1. The SMILES string of the molecule is COC(=O)[C@@H]1C[C@H](NC(C)=O)CN1Cc1ccc(C)cc1C. The standard InChI is InChI=1S/C17H24N2O3/c1-11-5-6-14(12(2)7-11)9-19-10-15(18-13(3)20)8-16(19)17(21)22-4/h5-7,15-16H,8-10H2,1-4H3,(H,18,20)/t15-,16-/m0/s1. The molecule has 0 aromatic heterocycles. The summed E-state index contributed by atoms with van der Waals surface area (Å²) in [5.41, 5.74) is 3.64. The molecule has 1 aromatic rings. The Morgan fingerprint density at radius 2 is 2.09 bits per heavy atom. The third kappa shape index (κ3) is 3.85. The molecule has 1 aliphatic heterocycles. The molecular formula is C17H24N2O3. The number of nitrogens with zero attached hydrogens (tertiary/aromatic N) is 1. The molecule has 0 bridgehead atoms. The van der Waals surface area contributed by atoms with Gasteiger partial charge < -0.3 is 10.1 Å². The molecular weight excluding hydrogens is 280 g/mol. The van der Waals surface area contributed by atoms with Gasteiger partial charge in [-0.2, -0.15) is 0 Å². The van der Waals surface area contributed by atoms with Crippen molar-refractivity contribution in [3.8, 4) is 0 Å². The average molecular weight is 304 g/mol. The van der Waals surface area contributed by atoms with Crippen molar-refractivity contribution in [3.05, 3.63) is 34.9 Å². The van der Waals surface area contributed by atoms with Crippen molar-refractivity contribution in [1.29, 1.82) is 0 Å². The third-order valence-corrected chi connectivity index (χ3v) is 4.16. The largest absolute Gasteiger partial charge is 0.468 e. The highest BCUT2D eigenvalue weighted by molar-refractivity contribution is 5.77. The Labute approximate surface area is 131 Å². The molecule has 0 saturated carbocycles. The van der Waals surface area contributed by atoms with Gasteiger partial charge in [-0.25, -0.2) is 0 Å². The van der Waals surface area contributed by atoms with Gasteiger partial charge in [0.25, 0.3) is 0 Å². The third-order valence-electron chi connectivity index (χ3n) is 4.16. The Kier molecular flexibility index (Phi) is 5.19. The maximum atomic E-state index is 12.0. The first-order valence-corrected chi connectivity index (χ1v) is 7.55. The van der Waals surface area contributed by atoms with Crippen LogP contribution in [0, 0.1) is 13.8 Å². The number of ether oxygens (including phenoxy) is 1. The van der Waals surface area contributed by atoms with Crippen molar-refractivity contribution in [3.63, 3.8) is 0 Å². The molecule has 2 atom stereocenters. The summed E-state index contributed by atoms with van der Waals surface area (Å²) in [6.07, 6.45) is 0.594. The molecule has 1 amide bonds. The van der Waals surface area contributed by atoms with E-state index in [0.29, 0.717) is 19.5 Å². The Balaban J connectivity index is 2.14. The van der Waals surface area contributed by atoms with Crippen LogP contribution in [0.4, 0.5) is 0 Å². The number of carbonyl (C=O) groups excluding carboxylic acids is 2. The van der Waals surface area contributed by atoms with Crippen LogP contribution < -0.4 is 5.32 Å². The first kappa shape index (κ1) is 16.5. The van der Waals surface area contributed by atoms with Gasteiger partial charge in [0.05, 0.1) is 7.11 Å². The number of hydrogen-bond donors (Lipinski definition) is 1. The number of nitrogens with one attached hydrogen (secondary N) is 1. The summed E-state index contributed by atoms with van der Waals surface area (Å²) in [5.74, 6) is -0.306. The molecule has 1 heterocycles. The lowest BCUT2D eigenvalue weighted by Crippen LogP contribution is -2.37. The van der Waals surface area contributed by atoms with Crippen LogP contribution in [0.2, 0.25) is 0 Å². The van der Waals surface area contributed by atoms with Gasteiger partial charge >= 0.3 is 5.97 Å². The predicted molar refractivity (Wildman–Crippen MR) is 84.4 cm³/mol. The number of esters is 1. The molecule has 5 nitrogen and oxygen atoms in total. The van der Waals surface area contributed by atoms with Gasteiger partial charge in [-0.15, -0.1) is 0 Å². The van der Waals surface area contributed by atoms with E-state index in [1.807, 2.05) is 0 Å². The normalized spacial score (nSPS) is 21.6. The lowest BCUT2D eigenvalue weighted by molar-refractivity contribution is -0.146. The predicted octanol–water partition coefficient (Wildman–Crippen LogP) is 1.56. The van der Waals surface area contributed by atoms with Crippen molar-refractivity contribution in [2.75, 3.05) is 13.7 Å². The van der Waals surface area contributed by atoms with Crippen LogP contribution >= 0.6 is 0 Å². The zero-order valence-corrected chi connectivity index (χ0v) is 13.7. The van der Waals surface area contributed by atoms with Crippen molar-refractivity contribution in [2.24, 2.45) is 0 Å². The highest BCUT2D eigenvalue weighted by atomic mass is 16.5. The minimum atomic E-state index is -0.303. The lowest BCUT2D eigenvalue weighted by Gasteiger charge is -2.23. The summed E-state index contributed by atoms with van der Waals surface area (Å²) in [5, 5.41) is 2.90. The Hall–Kier alpha value is -1.88. The van der Waals surface area contributed by atoms with Crippen LogP contribution in [0.15, 0.2) is 18.2 Å². The van der Waals surface area contributed by atoms with Crippen LogP contribution in [0.25, 0.3) is 0 Å². The molecule has 0 unspecified atom stereocenters. The summed E-state index contributed by atoms with van der Waals surface area (Å²) in [6.45, 7) is 6.99. The number of amides is 1. The number of aryl methyl sites for hydroxylation is 2. The molecule has 0 aliphatic carbocycles. The minimum absolute atomic E-state index is 0.00708. The van der Waals surface area contributed by atoms with Crippen LogP contribution in [-0.2, 0) is 20.9 Å². The molecule has 5 heteroatoms. The zero-order chi connectivity index (χ0) is 16.3. The molecule has 1 aliphatic rings. The van der Waals surface area contributed by atoms with Crippen molar-refractivity contribution >= 4 is 11.9 Å². The second kappa shape index (κ2) is 6.92. The van der Waals surface area contributed by atoms with Gasteiger partial charge in [0.1, 0.15) is 6.04 Å². The minimum Gasteiger partial charge on any atom is -0.468 e. The van der Waals surface area contributed by atoms with Crippen LogP contribution in [0.3, 0.4) is 0 Å². The fraction of sp³-hybridized carbons (Fsp3) is 0.529. The Bertz CT molecular complexity index is 571. The van der Waals surface area contributed by atoms with Crippen molar-refractivity contribution in [1.82, 2.24) is 10.2 Å². The highest BCUT2D eigenvalue weighted by Gasteiger charge is 2.37. The van der Waals surface area contributed by atoms with E-state index in [9.17, 15) is 9.59 Å². The first-order valence-electron chi connectivity index (χ1n) is 7.55. The quantitative estimate of drug-likeness (QED) is 0.858. The molecule has 22 heavy (non-hydrogen) atoms. The fourth-order valence-electron chi connectivity index (χ4n) is 3.09. The molecule has 1 saturated heterocycles.